The van der Waals surface area contributed by atoms with Crippen LogP contribution in [0.3, 0.4) is 0 Å². The van der Waals surface area contributed by atoms with Crippen LogP contribution < -0.4 is 10.9 Å². The molecule has 0 aliphatic heterocycles. The van der Waals surface area contributed by atoms with E-state index in [2.05, 4.69) is 31.4 Å². The van der Waals surface area contributed by atoms with Crippen LogP contribution in [0.1, 0.15) is 0 Å². The van der Waals surface area contributed by atoms with Crippen LogP contribution in [0.4, 0.5) is 5.69 Å². The number of carbonyl (C=O) groups is 1. The molecule has 7 nitrogen and oxygen atoms in total. The molecular formula is C23H16BrN5O2. The number of nitrogens with zero attached hydrogens (tertiary/aromatic N) is 4. The van der Waals surface area contributed by atoms with Gasteiger partial charge in [-0.3, -0.25) is 9.59 Å². The van der Waals surface area contributed by atoms with Gasteiger partial charge in [-0.25, -0.2) is 9.20 Å². The maximum atomic E-state index is 12.9. The summed E-state index contributed by atoms with van der Waals surface area (Å²) < 4.78 is 3.43. The van der Waals surface area contributed by atoms with Crippen LogP contribution in [-0.2, 0) is 11.3 Å². The fourth-order valence-electron chi connectivity index (χ4n) is 3.53. The Morgan fingerprint density at radius 3 is 2.68 bits per heavy atom. The molecule has 5 aromatic rings. The van der Waals surface area contributed by atoms with Crippen LogP contribution in [0.2, 0.25) is 0 Å². The Bertz CT molecular complexity index is 1500. The molecule has 0 spiro atoms. The molecule has 1 amide bonds. The van der Waals surface area contributed by atoms with Crippen molar-refractivity contribution in [1.82, 2.24) is 19.4 Å². The average molecular weight is 474 g/mol. The third kappa shape index (κ3) is 3.73. The lowest BCUT2D eigenvalue weighted by molar-refractivity contribution is -0.117. The van der Waals surface area contributed by atoms with Crippen LogP contribution in [0.25, 0.3) is 27.5 Å². The van der Waals surface area contributed by atoms with E-state index in [1.165, 1.54) is 10.8 Å². The molecule has 0 atom stereocenters. The van der Waals surface area contributed by atoms with Gasteiger partial charge in [-0.15, -0.1) is 0 Å². The summed E-state index contributed by atoms with van der Waals surface area (Å²) in [4.78, 5) is 25.3. The van der Waals surface area contributed by atoms with Crippen molar-refractivity contribution >= 4 is 43.8 Å². The monoisotopic (exact) mass is 473 g/mol. The highest BCUT2D eigenvalue weighted by Gasteiger charge is 2.14. The van der Waals surface area contributed by atoms with E-state index < -0.39 is 0 Å². The quantitative estimate of drug-likeness (QED) is 0.425. The van der Waals surface area contributed by atoms with Gasteiger partial charge in [0.25, 0.3) is 5.56 Å². The summed E-state index contributed by atoms with van der Waals surface area (Å²) in [6, 6.07) is 23.0. The molecule has 2 heterocycles. The van der Waals surface area contributed by atoms with Gasteiger partial charge in [0, 0.05) is 15.7 Å². The van der Waals surface area contributed by atoms with Gasteiger partial charge < -0.3 is 5.32 Å². The minimum Gasteiger partial charge on any atom is -0.324 e. The number of hydrogen-bond donors (Lipinski definition) is 1. The number of aromatic nitrogens is 4. The third-order valence-corrected chi connectivity index (χ3v) is 5.45. The highest BCUT2D eigenvalue weighted by Crippen LogP contribution is 2.27. The zero-order chi connectivity index (χ0) is 21.4. The maximum Gasteiger partial charge on any atom is 0.293 e. The smallest absolute Gasteiger partial charge is 0.293 e. The Balaban J connectivity index is 1.48. The van der Waals surface area contributed by atoms with Gasteiger partial charge >= 0.3 is 0 Å². The van der Waals surface area contributed by atoms with Crippen LogP contribution in [-0.4, -0.2) is 25.3 Å². The third-order valence-electron chi connectivity index (χ3n) is 4.96. The van der Waals surface area contributed by atoms with E-state index in [4.69, 9.17) is 0 Å². The Morgan fingerprint density at radius 1 is 1.00 bits per heavy atom. The largest absolute Gasteiger partial charge is 0.324 e. The van der Waals surface area contributed by atoms with Crippen molar-refractivity contribution in [3.05, 3.63) is 94.0 Å². The first-order chi connectivity index (χ1) is 15.1. The van der Waals surface area contributed by atoms with E-state index in [-0.39, 0.29) is 18.0 Å². The van der Waals surface area contributed by atoms with Gasteiger partial charge in [0.05, 0.1) is 5.69 Å². The lowest BCUT2D eigenvalue weighted by Crippen LogP contribution is -2.30. The van der Waals surface area contributed by atoms with Crippen LogP contribution in [0, 0.1) is 0 Å². The van der Waals surface area contributed by atoms with Crippen LogP contribution >= 0.6 is 15.9 Å². The fraction of sp³-hybridized carbons (Fsp3) is 0.0435. The standard InChI is InChI=1S/C23H16BrN5O2/c24-16-7-4-8-17(11-16)26-22(30)13-28-23(31)21-12-20(27-29(21)14-25-28)19-10-3-6-15-5-1-2-9-18(15)19/h1-12,14H,13H2,(H,26,30). The number of benzene rings is 3. The lowest BCUT2D eigenvalue weighted by Gasteiger charge is -2.07. The molecule has 31 heavy (non-hydrogen) atoms. The van der Waals surface area contributed by atoms with Gasteiger partial charge in [0.2, 0.25) is 5.91 Å². The van der Waals surface area contributed by atoms with Gasteiger partial charge in [0.1, 0.15) is 18.4 Å². The molecular weight excluding hydrogens is 458 g/mol. The summed E-state index contributed by atoms with van der Waals surface area (Å²) in [5.41, 5.74) is 2.21. The van der Waals surface area contributed by atoms with Crippen molar-refractivity contribution in [3.8, 4) is 11.3 Å². The summed E-state index contributed by atoms with van der Waals surface area (Å²) in [5, 5.41) is 13.5. The molecule has 0 aliphatic carbocycles. The second kappa shape index (κ2) is 7.81. The van der Waals surface area contributed by atoms with Crippen molar-refractivity contribution in [1.29, 1.82) is 0 Å². The molecule has 5 rings (SSSR count). The molecule has 0 aliphatic rings. The topological polar surface area (TPSA) is 81.3 Å². The highest BCUT2D eigenvalue weighted by molar-refractivity contribution is 9.10. The minimum atomic E-state index is -0.383. The zero-order valence-corrected chi connectivity index (χ0v) is 17.8. The van der Waals surface area contributed by atoms with Crippen molar-refractivity contribution in [2.45, 2.75) is 6.54 Å². The number of carbonyl (C=O) groups excluding carboxylic acids is 1. The average Bonchev–Trinajstić information content (AvgIpc) is 3.20. The normalized spacial score (nSPS) is 11.1. The number of halogens is 1. The van der Waals surface area contributed by atoms with E-state index in [9.17, 15) is 9.59 Å². The summed E-state index contributed by atoms with van der Waals surface area (Å²) in [6.07, 6.45) is 1.44. The molecule has 3 aromatic carbocycles. The van der Waals surface area contributed by atoms with Gasteiger partial charge in [-0.2, -0.15) is 10.2 Å². The number of hydrogen-bond acceptors (Lipinski definition) is 4. The van der Waals surface area contributed by atoms with Crippen LogP contribution in [0.5, 0.6) is 0 Å². The molecule has 2 aromatic heterocycles. The summed E-state index contributed by atoms with van der Waals surface area (Å²) >= 11 is 3.37. The first-order valence-electron chi connectivity index (χ1n) is 9.57. The predicted octanol–water partition coefficient (Wildman–Crippen LogP) is 4.11. The molecule has 0 unspecified atom stereocenters. The number of nitrogens with one attached hydrogen (secondary N) is 1. The predicted molar refractivity (Wildman–Crippen MR) is 123 cm³/mol. The number of amides is 1. The van der Waals surface area contributed by atoms with E-state index in [0.717, 1.165) is 25.5 Å². The molecule has 0 saturated carbocycles. The van der Waals surface area contributed by atoms with E-state index in [1.54, 1.807) is 18.2 Å². The van der Waals surface area contributed by atoms with Gasteiger partial charge in [-0.05, 0) is 35.0 Å². The lowest BCUT2D eigenvalue weighted by atomic mass is 10.0. The molecule has 0 fully saturated rings. The first-order valence-corrected chi connectivity index (χ1v) is 10.4. The Kier molecular flexibility index (Phi) is 4.83. The fourth-order valence-corrected chi connectivity index (χ4v) is 3.93. The van der Waals surface area contributed by atoms with E-state index in [0.29, 0.717) is 16.9 Å². The Labute approximate surface area is 185 Å². The minimum absolute atomic E-state index is 0.198. The van der Waals surface area contributed by atoms with Crippen molar-refractivity contribution in [3.63, 3.8) is 0 Å². The van der Waals surface area contributed by atoms with Crippen LogP contribution in [0.15, 0.2) is 88.4 Å². The Hall–Kier alpha value is -3.78. The molecule has 8 heteroatoms. The SMILES string of the molecule is O=C(Cn1ncn2nc(-c3cccc4ccccc34)cc2c1=O)Nc1cccc(Br)c1. The summed E-state index contributed by atoms with van der Waals surface area (Å²) in [6.45, 7) is -0.198. The van der Waals surface area contributed by atoms with E-state index in [1.807, 2.05) is 54.6 Å². The number of rotatable bonds is 4. The van der Waals surface area contributed by atoms with Gasteiger partial charge in [-0.1, -0.05) is 64.5 Å². The summed E-state index contributed by atoms with van der Waals surface area (Å²) in [5.74, 6) is -0.342. The molecule has 0 saturated heterocycles. The molecule has 0 radical (unpaired) electrons. The second-order valence-corrected chi connectivity index (χ2v) is 7.95. The van der Waals surface area contributed by atoms with E-state index >= 15 is 0 Å². The number of fused-ring (bicyclic) bond motifs is 2. The Morgan fingerprint density at radius 2 is 1.81 bits per heavy atom. The molecule has 0 bridgehead atoms. The summed E-state index contributed by atoms with van der Waals surface area (Å²) in [7, 11) is 0. The highest BCUT2D eigenvalue weighted by atomic mass is 79.9. The molecule has 1 N–H and O–H groups in total. The van der Waals surface area contributed by atoms with Crippen molar-refractivity contribution < 1.29 is 4.79 Å². The molecule has 152 valence electrons. The van der Waals surface area contributed by atoms with Gasteiger partial charge in [0.15, 0.2) is 0 Å². The maximum absolute atomic E-state index is 12.9. The number of anilines is 1. The van der Waals surface area contributed by atoms with Crippen molar-refractivity contribution in [2.24, 2.45) is 0 Å². The zero-order valence-electron chi connectivity index (χ0n) is 16.2. The first kappa shape index (κ1) is 19.2. The second-order valence-electron chi connectivity index (χ2n) is 7.04. The van der Waals surface area contributed by atoms with Crippen molar-refractivity contribution in [2.75, 3.05) is 5.32 Å².